The van der Waals surface area contributed by atoms with Gasteiger partial charge >= 0.3 is 5.97 Å². The Balaban J connectivity index is 2.02. The number of hydrogen-bond acceptors (Lipinski definition) is 4. The van der Waals surface area contributed by atoms with E-state index in [0.717, 1.165) is 19.4 Å². The summed E-state index contributed by atoms with van der Waals surface area (Å²) in [4.78, 5) is 29.0. The monoisotopic (exact) mass is 431 g/mol. The third-order valence-electron chi connectivity index (χ3n) is 2.71. The van der Waals surface area contributed by atoms with Gasteiger partial charge in [0, 0.05) is 10.0 Å². The van der Waals surface area contributed by atoms with Crippen LogP contribution in [0.4, 0.5) is 0 Å². The molecule has 1 heterocycles. The Bertz CT molecular complexity index is 693. The molecule has 0 radical (unpaired) electrons. The summed E-state index contributed by atoms with van der Waals surface area (Å²) in [6, 6.07) is 7.05. The molecular formula is C14H11Br2NO3S. The smallest absolute Gasteiger partial charge is 0.334 e. The predicted molar refractivity (Wildman–Crippen MR) is 88.5 cm³/mol. The Hall–Kier alpha value is -1.18. The van der Waals surface area contributed by atoms with E-state index in [4.69, 9.17) is 4.84 Å². The van der Waals surface area contributed by atoms with Crippen LogP contribution in [0.2, 0.25) is 0 Å². The zero-order chi connectivity index (χ0) is 15.6. The van der Waals surface area contributed by atoms with Crippen LogP contribution in [0.5, 0.6) is 0 Å². The number of thiophene rings is 1. The molecule has 0 aliphatic rings. The van der Waals surface area contributed by atoms with Gasteiger partial charge in [-0.05, 0) is 63.4 Å². The second-order valence-corrected chi connectivity index (χ2v) is 7.60. The first kappa shape index (κ1) is 16.2. The zero-order valence-electron chi connectivity index (χ0n) is 11.2. The minimum atomic E-state index is -0.607. The van der Waals surface area contributed by atoms with E-state index < -0.39 is 11.9 Å². The number of halogens is 2. The summed E-state index contributed by atoms with van der Waals surface area (Å²) < 4.78 is 1.55. The summed E-state index contributed by atoms with van der Waals surface area (Å²) in [5.41, 5.74) is 4.54. The lowest BCUT2D eigenvalue weighted by Gasteiger charge is -2.07. The topological polar surface area (TPSA) is 55.4 Å². The summed E-state index contributed by atoms with van der Waals surface area (Å²) in [5, 5.41) is 0. The first-order valence-electron chi connectivity index (χ1n) is 5.92. The Kier molecular flexibility index (Phi) is 5.18. The standard InChI is InChI=1S/C14H11Br2NO3S/c1-7-3-4-9(8(2)5-7)13(18)17-20-14(19)11-6-10(15)12(16)21-11/h3-6H,1-2H3,(H,17,18). The molecule has 0 fully saturated rings. The number of amides is 1. The van der Waals surface area contributed by atoms with E-state index >= 15 is 0 Å². The van der Waals surface area contributed by atoms with Crippen molar-refractivity contribution in [2.45, 2.75) is 13.8 Å². The van der Waals surface area contributed by atoms with Gasteiger partial charge in [-0.3, -0.25) is 4.79 Å². The van der Waals surface area contributed by atoms with Crippen LogP contribution in [-0.4, -0.2) is 11.9 Å². The Morgan fingerprint density at radius 3 is 2.48 bits per heavy atom. The van der Waals surface area contributed by atoms with Crippen molar-refractivity contribution >= 4 is 55.1 Å². The van der Waals surface area contributed by atoms with Gasteiger partial charge in [-0.15, -0.1) is 11.3 Å². The van der Waals surface area contributed by atoms with Gasteiger partial charge in [0.2, 0.25) is 0 Å². The molecule has 2 rings (SSSR count). The Morgan fingerprint density at radius 2 is 1.90 bits per heavy atom. The van der Waals surface area contributed by atoms with Gasteiger partial charge in [0.25, 0.3) is 5.91 Å². The third kappa shape index (κ3) is 3.93. The van der Waals surface area contributed by atoms with Crippen molar-refractivity contribution < 1.29 is 14.4 Å². The lowest BCUT2D eigenvalue weighted by atomic mass is 10.1. The average molecular weight is 433 g/mol. The molecule has 0 unspecified atom stereocenters. The van der Waals surface area contributed by atoms with Gasteiger partial charge in [0.15, 0.2) is 0 Å². The van der Waals surface area contributed by atoms with Crippen molar-refractivity contribution in [3.63, 3.8) is 0 Å². The van der Waals surface area contributed by atoms with Gasteiger partial charge in [-0.1, -0.05) is 17.7 Å². The van der Waals surface area contributed by atoms with E-state index in [-0.39, 0.29) is 0 Å². The zero-order valence-corrected chi connectivity index (χ0v) is 15.2. The molecule has 1 aromatic heterocycles. The maximum atomic E-state index is 12.0. The molecule has 21 heavy (non-hydrogen) atoms. The molecule has 2 aromatic rings. The summed E-state index contributed by atoms with van der Waals surface area (Å²) in [5.74, 6) is -1.06. The highest BCUT2D eigenvalue weighted by Crippen LogP contribution is 2.32. The third-order valence-corrected chi connectivity index (χ3v) is 5.95. The normalized spacial score (nSPS) is 10.3. The Morgan fingerprint density at radius 1 is 1.19 bits per heavy atom. The fraction of sp³-hybridized carbons (Fsp3) is 0.143. The van der Waals surface area contributed by atoms with Crippen molar-refractivity contribution in [2.75, 3.05) is 0 Å². The first-order chi connectivity index (χ1) is 9.88. The number of hydroxylamine groups is 1. The molecule has 0 atom stereocenters. The summed E-state index contributed by atoms with van der Waals surface area (Å²) in [7, 11) is 0. The van der Waals surface area contributed by atoms with Crippen molar-refractivity contribution in [3.05, 3.63) is 54.1 Å². The van der Waals surface area contributed by atoms with Gasteiger partial charge in [0.1, 0.15) is 4.88 Å². The fourth-order valence-corrected chi connectivity index (χ4v) is 3.63. The number of carbonyl (C=O) groups excluding carboxylic acids is 2. The summed E-state index contributed by atoms with van der Waals surface area (Å²) >= 11 is 7.80. The van der Waals surface area contributed by atoms with Gasteiger partial charge < -0.3 is 4.84 Å². The summed E-state index contributed by atoms with van der Waals surface area (Å²) in [6.07, 6.45) is 0. The van der Waals surface area contributed by atoms with Crippen molar-refractivity contribution in [1.82, 2.24) is 5.48 Å². The van der Waals surface area contributed by atoms with Crippen LogP contribution in [0, 0.1) is 13.8 Å². The Labute approximate surface area is 142 Å². The fourth-order valence-electron chi connectivity index (χ4n) is 1.71. The molecule has 0 aliphatic carbocycles. The predicted octanol–water partition coefficient (Wildman–Crippen LogP) is 4.39. The molecule has 110 valence electrons. The van der Waals surface area contributed by atoms with Gasteiger partial charge in [-0.25, -0.2) is 4.79 Å². The molecule has 4 nitrogen and oxygen atoms in total. The second-order valence-electron chi connectivity index (χ2n) is 4.37. The van der Waals surface area contributed by atoms with Crippen molar-refractivity contribution in [3.8, 4) is 0 Å². The lowest BCUT2D eigenvalue weighted by Crippen LogP contribution is -2.27. The van der Waals surface area contributed by atoms with E-state index in [2.05, 4.69) is 37.3 Å². The number of benzene rings is 1. The van der Waals surface area contributed by atoms with Gasteiger partial charge in [-0.2, -0.15) is 5.48 Å². The minimum Gasteiger partial charge on any atom is -0.334 e. The minimum absolute atomic E-state index is 0.384. The van der Waals surface area contributed by atoms with E-state index in [9.17, 15) is 9.59 Å². The molecule has 0 saturated carbocycles. The van der Waals surface area contributed by atoms with Crippen LogP contribution in [0.25, 0.3) is 0 Å². The molecule has 1 N–H and O–H groups in total. The lowest BCUT2D eigenvalue weighted by molar-refractivity contribution is 0.0234. The maximum Gasteiger partial charge on any atom is 0.372 e. The highest BCUT2D eigenvalue weighted by atomic mass is 79.9. The quantitative estimate of drug-likeness (QED) is 0.716. The van der Waals surface area contributed by atoms with E-state index in [1.165, 1.54) is 11.3 Å². The van der Waals surface area contributed by atoms with Crippen LogP contribution < -0.4 is 5.48 Å². The van der Waals surface area contributed by atoms with Gasteiger partial charge in [0.05, 0.1) is 3.79 Å². The van der Waals surface area contributed by atoms with Crippen molar-refractivity contribution in [2.24, 2.45) is 0 Å². The van der Waals surface area contributed by atoms with Crippen LogP contribution in [0.1, 0.15) is 31.2 Å². The molecule has 1 aromatic carbocycles. The number of hydrogen-bond donors (Lipinski definition) is 1. The van der Waals surface area contributed by atoms with E-state index in [1.807, 2.05) is 26.0 Å². The highest BCUT2D eigenvalue weighted by molar-refractivity contribution is 9.13. The van der Waals surface area contributed by atoms with Crippen LogP contribution in [0.3, 0.4) is 0 Å². The van der Waals surface area contributed by atoms with E-state index in [0.29, 0.717) is 10.4 Å². The van der Waals surface area contributed by atoms with Crippen molar-refractivity contribution in [1.29, 1.82) is 0 Å². The average Bonchev–Trinajstić information content (AvgIpc) is 2.76. The molecular weight excluding hydrogens is 422 g/mol. The molecule has 0 spiro atoms. The van der Waals surface area contributed by atoms with Crippen LogP contribution >= 0.6 is 43.2 Å². The molecule has 0 aliphatic heterocycles. The first-order valence-corrected chi connectivity index (χ1v) is 8.32. The number of rotatable bonds is 2. The molecule has 0 saturated heterocycles. The maximum absolute atomic E-state index is 12.0. The molecule has 0 bridgehead atoms. The SMILES string of the molecule is Cc1ccc(C(=O)NOC(=O)c2cc(Br)c(Br)s2)c(C)c1. The molecule has 7 heteroatoms. The highest BCUT2D eigenvalue weighted by Gasteiger charge is 2.16. The largest absolute Gasteiger partial charge is 0.372 e. The number of carbonyl (C=O) groups is 2. The molecule has 1 amide bonds. The summed E-state index contributed by atoms with van der Waals surface area (Å²) in [6.45, 7) is 3.78. The van der Waals surface area contributed by atoms with E-state index in [1.54, 1.807) is 12.1 Å². The van der Waals surface area contributed by atoms with Crippen LogP contribution in [0.15, 0.2) is 32.5 Å². The number of nitrogens with one attached hydrogen (secondary N) is 1. The second kappa shape index (κ2) is 6.72. The van der Waals surface area contributed by atoms with Crippen LogP contribution in [-0.2, 0) is 4.84 Å². The number of aryl methyl sites for hydroxylation is 2.